The van der Waals surface area contributed by atoms with Gasteiger partial charge >= 0.3 is 6.09 Å². The zero-order valence-electron chi connectivity index (χ0n) is 16.5. The first-order valence-electron chi connectivity index (χ1n) is 9.95. The Labute approximate surface area is 154 Å². The number of carbonyl (C=O) groups is 2. The van der Waals surface area contributed by atoms with Gasteiger partial charge in [-0.15, -0.1) is 11.8 Å². The first kappa shape index (κ1) is 23.5. The minimum atomic E-state index is -0.380. The summed E-state index contributed by atoms with van der Waals surface area (Å²) in [6, 6.07) is 0.108. The molecule has 0 aliphatic heterocycles. The molecule has 0 saturated carbocycles. The van der Waals surface area contributed by atoms with E-state index in [2.05, 4.69) is 35.7 Å². The number of Topliss-reactive ketones (excluding diaryl/α,β-unsaturated/α-hetero) is 1. The maximum atomic E-state index is 11.9. The van der Waals surface area contributed by atoms with Crippen LogP contribution >= 0.6 is 0 Å². The van der Waals surface area contributed by atoms with Gasteiger partial charge in [-0.05, 0) is 32.1 Å². The van der Waals surface area contributed by atoms with E-state index in [1.807, 2.05) is 0 Å². The van der Waals surface area contributed by atoms with Crippen LogP contribution in [0.25, 0.3) is 0 Å². The van der Waals surface area contributed by atoms with Gasteiger partial charge in [-0.3, -0.25) is 4.79 Å². The number of ketones is 1. The van der Waals surface area contributed by atoms with Crippen LogP contribution in [0.4, 0.5) is 4.79 Å². The maximum Gasteiger partial charge on any atom is 0.407 e. The van der Waals surface area contributed by atoms with Crippen LogP contribution in [0.3, 0.4) is 0 Å². The van der Waals surface area contributed by atoms with Crippen LogP contribution in [0, 0.1) is 11.8 Å². The van der Waals surface area contributed by atoms with E-state index in [-0.39, 0.29) is 12.1 Å². The minimum Gasteiger partial charge on any atom is -0.453 e. The van der Waals surface area contributed by atoms with Crippen LogP contribution in [0.5, 0.6) is 0 Å². The largest absolute Gasteiger partial charge is 0.453 e. The lowest BCUT2D eigenvalue weighted by Gasteiger charge is -2.17. The highest BCUT2D eigenvalue weighted by molar-refractivity contribution is 5.78. The summed E-state index contributed by atoms with van der Waals surface area (Å²) in [4.78, 5) is 23.3. The Bertz CT molecular complexity index is 409. The first-order valence-corrected chi connectivity index (χ1v) is 9.95. The van der Waals surface area contributed by atoms with E-state index in [0.29, 0.717) is 18.6 Å². The summed E-state index contributed by atoms with van der Waals surface area (Å²) >= 11 is 0. The van der Waals surface area contributed by atoms with Crippen molar-refractivity contribution in [1.29, 1.82) is 0 Å². The van der Waals surface area contributed by atoms with E-state index >= 15 is 0 Å². The van der Waals surface area contributed by atoms with Crippen LogP contribution < -0.4 is 5.32 Å². The molecule has 25 heavy (non-hydrogen) atoms. The van der Waals surface area contributed by atoms with Gasteiger partial charge in [-0.1, -0.05) is 39.5 Å². The molecule has 0 aliphatic carbocycles. The van der Waals surface area contributed by atoms with E-state index in [4.69, 9.17) is 0 Å². The number of carbonyl (C=O) groups excluding carboxylic acids is 2. The number of unbranched alkanes of at least 4 members (excludes halogenated alkanes) is 5. The van der Waals surface area contributed by atoms with E-state index in [1.165, 1.54) is 13.5 Å². The average Bonchev–Trinajstić information content (AvgIpc) is 2.60. The van der Waals surface area contributed by atoms with Crippen molar-refractivity contribution < 1.29 is 14.3 Å². The molecule has 0 aromatic carbocycles. The van der Waals surface area contributed by atoms with E-state index < -0.39 is 0 Å². The number of hydrogen-bond donors (Lipinski definition) is 1. The fraction of sp³-hybridized carbons (Fsp3) is 0.810. The third-order valence-corrected chi connectivity index (χ3v) is 4.21. The number of ether oxygens (including phenoxy) is 1. The lowest BCUT2D eigenvalue weighted by molar-refractivity contribution is -0.119. The van der Waals surface area contributed by atoms with Gasteiger partial charge < -0.3 is 10.1 Å². The Hall–Kier alpha value is -1.50. The lowest BCUT2D eigenvalue weighted by atomic mass is 10.0. The van der Waals surface area contributed by atoms with Crippen molar-refractivity contribution >= 4 is 11.9 Å². The molecule has 0 radical (unpaired) electrons. The zero-order chi connectivity index (χ0) is 18.8. The molecule has 0 aromatic heterocycles. The molecule has 0 saturated heterocycles. The SMILES string of the molecule is CCCCC#CCCCC(=O)CCC[C@@H](CCCCC)NC(=O)OC. The molecule has 0 unspecified atom stereocenters. The molecule has 4 heteroatoms. The quantitative estimate of drug-likeness (QED) is 0.337. The predicted octanol–water partition coefficient (Wildman–Crippen LogP) is 5.39. The normalized spacial score (nSPS) is 11.3. The Morgan fingerprint density at radius 3 is 2.12 bits per heavy atom. The third-order valence-electron chi connectivity index (χ3n) is 4.21. The molecule has 0 spiro atoms. The topological polar surface area (TPSA) is 55.4 Å². The minimum absolute atomic E-state index is 0.108. The maximum absolute atomic E-state index is 11.9. The fourth-order valence-electron chi connectivity index (χ4n) is 2.64. The average molecular weight is 352 g/mol. The summed E-state index contributed by atoms with van der Waals surface area (Å²) in [5, 5.41) is 2.89. The van der Waals surface area contributed by atoms with Gasteiger partial charge in [0, 0.05) is 31.7 Å². The van der Waals surface area contributed by atoms with Gasteiger partial charge in [0.05, 0.1) is 7.11 Å². The number of hydrogen-bond acceptors (Lipinski definition) is 3. The molecular weight excluding hydrogens is 314 g/mol. The Morgan fingerprint density at radius 2 is 1.48 bits per heavy atom. The number of nitrogens with one attached hydrogen (secondary N) is 1. The zero-order valence-corrected chi connectivity index (χ0v) is 16.5. The van der Waals surface area contributed by atoms with Crippen LogP contribution in [0.15, 0.2) is 0 Å². The monoisotopic (exact) mass is 351 g/mol. The first-order chi connectivity index (χ1) is 12.1. The van der Waals surface area contributed by atoms with Crippen molar-refractivity contribution in [3.63, 3.8) is 0 Å². The fourth-order valence-corrected chi connectivity index (χ4v) is 2.64. The van der Waals surface area contributed by atoms with Crippen molar-refractivity contribution in [3.05, 3.63) is 0 Å². The molecule has 0 fully saturated rings. The second-order valence-electron chi connectivity index (χ2n) is 6.57. The number of methoxy groups -OCH3 is 1. The molecular formula is C21H37NO3. The van der Waals surface area contributed by atoms with Gasteiger partial charge in [0.15, 0.2) is 0 Å². The molecule has 1 amide bonds. The van der Waals surface area contributed by atoms with Crippen molar-refractivity contribution in [2.24, 2.45) is 0 Å². The van der Waals surface area contributed by atoms with Crippen molar-refractivity contribution in [3.8, 4) is 11.8 Å². The summed E-state index contributed by atoms with van der Waals surface area (Å²) < 4.78 is 4.69. The predicted molar refractivity (Wildman–Crippen MR) is 103 cm³/mol. The second-order valence-corrected chi connectivity index (χ2v) is 6.57. The highest BCUT2D eigenvalue weighted by Gasteiger charge is 2.13. The molecule has 0 rings (SSSR count). The molecule has 144 valence electrons. The number of amides is 1. The van der Waals surface area contributed by atoms with E-state index in [0.717, 1.165) is 64.2 Å². The molecule has 1 N–H and O–H groups in total. The number of alkyl carbamates (subject to hydrolysis) is 1. The molecule has 0 bridgehead atoms. The summed E-state index contributed by atoms with van der Waals surface area (Å²) in [6.45, 7) is 4.32. The molecule has 1 atom stereocenters. The highest BCUT2D eigenvalue weighted by Crippen LogP contribution is 2.12. The Morgan fingerprint density at radius 1 is 0.880 bits per heavy atom. The third kappa shape index (κ3) is 15.8. The van der Waals surface area contributed by atoms with Crippen LogP contribution in [-0.2, 0) is 9.53 Å². The lowest BCUT2D eigenvalue weighted by Crippen LogP contribution is -2.34. The standard InChI is InChI=1S/C21H37NO3/c1-4-6-8-9-10-11-13-17-20(23)18-14-16-19(15-12-7-5-2)22-21(24)25-3/h19H,4-8,11-18H2,1-3H3,(H,22,24)/t19-/m1/s1. The van der Waals surface area contributed by atoms with Gasteiger partial charge in [-0.2, -0.15) is 0 Å². The summed E-state index contributed by atoms with van der Waals surface area (Å²) in [7, 11) is 1.38. The van der Waals surface area contributed by atoms with Gasteiger partial charge in [0.2, 0.25) is 0 Å². The summed E-state index contributed by atoms with van der Waals surface area (Å²) in [5.74, 6) is 6.60. The molecule has 0 aromatic rings. The second kappa shape index (κ2) is 17.3. The summed E-state index contributed by atoms with van der Waals surface area (Å²) in [5.41, 5.74) is 0. The Kier molecular flexibility index (Phi) is 16.3. The highest BCUT2D eigenvalue weighted by atomic mass is 16.5. The Balaban J connectivity index is 3.89. The molecule has 0 aliphatic rings. The van der Waals surface area contributed by atoms with E-state index in [9.17, 15) is 9.59 Å². The van der Waals surface area contributed by atoms with Crippen LogP contribution in [0.2, 0.25) is 0 Å². The van der Waals surface area contributed by atoms with Crippen LogP contribution in [-0.4, -0.2) is 25.0 Å². The van der Waals surface area contributed by atoms with Crippen molar-refractivity contribution in [1.82, 2.24) is 5.32 Å². The molecule has 4 nitrogen and oxygen atoms in total. The smallest absolute Gasteiger partial charge is 0.407 e. The van der Waals surface area contributed by atoms with Crippen LogP contribution in [0.1, 0.15) is 97.3 Å². The van der Waals surface area contributed by atoms with Gasteiger partial charge in [0.1, 0.15) is 5.78 Å². The van der Waals surface area contributed by atoms with Gasteiger partial charge in [-0.25, -0.2) is 4.79 Å². The van der Waals surface area contributed by atoms with Gasteiger partial charge in [0.25, 0.3) is 0 Å². The molecule has 0 heterocycles. The number of rotatable bonds is 14. The van der Waals surface area contributed by atoms with Crippen molar-refractivity contribution in [2.75, 3.05) is 7.11 Å². The summed E-state index contributed by atoms with van der Waals surface area (Å²) in [6.07, 6.45) is 11.8. The van der Waals surface area contributed by atoms with Crippen molar-refractivity contribution in [2.45, 2.75) is 103 Å². The van der Waals surface area contributed by atoms with E-state index in [1.54, 1.807) is 0 Å².